The topological polar surface area (TPSA) is 18.5 Å². The lowest BCUT2D eigenvalue weighted by Crippen LogP contribution is -2.33. The number of piperidine rings is 1. The highest BCUT2D eigenvalue weighted by Gasteiger charge is 2.29. The van der Waals surface area contributed by atoms with Crippen LogP contribution in [0.25, 0.3) is 0 Å². The van der Waals surface area contributed by atoms with Crippen molar-refractivity contribution in [1.82, 2.24) is 15.1 Å². The first-order valence-electron chi connectivity index (χ1n) is 7.33. The molecule has 3 heteroatoms. The first kappa shape index (κ1) is 13.3. The molecule has 0 amide bonds. The van der Waals surface area contributed by atoms with Gasteiger partial charge in [0.15, 0.2) is 0 Å². The van der Waals surface area contributed by atoms with Crippen LogP contribution in [0.15, 0.2) is 0 Å². The Balaban J connectivity index is 1.64. The molecule has 0 aromatic carbocycles. The highest BCUT2D eigenvalue weighted by Crippen LogP contribution is 2.29. The smallest absolute Gasteiger partial charge is 0.00128 e. The van der Waals surface area contributed by atoms with Crippen molar-refractivity contribution < 1.29 is 0 Å². The van der Waals surface area contributed by atoms with Crippen LogP contribution in [0.5, 0.6) is 0 Å². The van der Waals surface area contributed by atoms with Gasteiger partial charge >= 0.3 is 0 Å². The number of rotatable bonds is 5. The van der Waals surface area contributed by atoms with Crippen molar-refractivity contribution in [3.63, 3.8) is 0 Å². The van der Waals surface area contributed by atoms with Crippen LogP contribution in [0, 0.1) is 11.8 Å². The summed E-state index contributed by atoms with van der Waals surface area (Å²) in [5.74, 6) is 2.01. The van der Waals surface area contributed by atoms with E-state index in [0.29, 0.717) is 0 Å². The molecule has 1 unspecified atom stereocenters. The molecule has 17 heavy (non-hydrogen) atoms. The fourth-order valence-electron chi connectivity index (χ4n) is 3.38. The minimum Gasteiger partial charge on any atom is -0.317 e. The summed E-state index contributed by atoms with van der Waals surface area (Å²) < 4.78 is 0. The Morgan fingerprint density at radius 1 is 1.12 bits per heavy atom. The average molecular weight is 239 g/mol. The molecule has 0 spiro atoms. The zero-order valence-corrected chi connectivity index (χ0v) is 11.6. The van der Waals surface area contributed by atoms with Crippen LogP contribution in [0.1, 0.15) is 25.7 Å². The van der Waals surface area contributed by atoms with Gasteiger partial charge in [0.2, 0.25) is 0 Å². The van der Waals surface area contributed by atoms with Crippen molar-refractivity contribution >= 4 is 0 Å². The minimum absolute atomic E-state index is 0.997. The molecule has 0 radical (unpaired) electrons. The Morgan fingerprint density at radius 2 is 1.88 bits per heavy atom. The second-order valence-corrected chi connectivity index (χ2v) is 6.09. The quantitative estimate of drug-likeness (QED) is 0.779. The molecule has 2 fully saturated rings. The summed E-state index contributed by atoms with van der Waals surface area (Å²) in [5, 5.41) is 3.48. The Hall–Kier alpha value is -0.120. The van der Waals surface area contributed by atoms with Crippen molar-refractivity contribution in [2.45, 2.75) is 25.7 Å². The lowest BCUT2D eigenvalue weighted by atomic mass is 9.84. The number of nitrogens with zero attached hydrogens (tertiary/aromatic N) is 2. The van der Waals surface area contributed by atoms with Gasteiger partial charge in [0.05, 0.1) is 0 Å². The maximum atomic E-state index is 3.48. The molecule has 1 N–H and O–H groups in total. The Bertz CT molecular complexity index is 212. The maximum Gasteiger partial charge on any atom is 0.00128 e. The van der Waals surface area contributed by atoms with E-state index < -0.39 is 0 Å². The molecule has 0 saturated carbocycles. The van der Waals surface area contributed by atoms with Gasteiger partial charge in [0, 0.05) is 6.54 Å². The van der Waals surface area contributed by atoms with Gasteiger partial charge in [-0.2, -0.15) is 0 Å². The average Bonchev–Trinajstić information content (AvgIpc) is 2.78. The van der Waals surface area contributed by atoms with Crippen LogP contribution < -0.4 is 5.32 Å². The minimum atomic E-state index is 0.997. The molecule has 2 aliphatic heterocycles. The molecule has 0 aromatic heterocycles. The van der Waals surface area contributed by atoms with Gasteiger partial charge < -0.3 is 15.1 Å². The van der Waals surface area contributed by atoms with E-state index in [4.69, 9.17) is 0 Å². The molecule has 2 aliphatic rings. The molecule has 0 aromatic rings. The highest BCUT2D eigenvalue weighted by molar-refractivity contribution is 4.83. The van der Waals surface area contributed by atoms with E-state index >= 15 is 0 Å². The summed E-state index contributed by atoms with van der Waals surface area (Å²) in [6, 6.07) is 0. The van der Waals surface area contributed by atoms with Gasteiger partial charge in [-0.05, 0) is 84.3 Å². The first-order chi connectivity index (χ1) is 8.25. The van der Waals surface area contributed by atoms with E-state index in [1.807, 2.05) is 0 Å². The third-order valence-corrected chi connectivity index (χ3v) is 4.44. The lowest BCUT2D eigenvalue weighted by molar-refractivity contribution is 0.240. The van der Waals surface area contributed by atoms with Crippen LogP contribution in [0.4, 0.5) is 0 Å². The van der Waals surface area contributed by atoms with E-state index in [1.54, 1.807) is 0 Å². The number of nitrogens with one attached hydrogen (secondary N) is 1. The monoisotopic (exact) mass is 239 g/mol. The van der Waals surface area contributed by atoms with Crippen molar-refractivity contribution in [2.24, 2.45) is 11.8 Å². The Kier molecular flexibility index (Phi) is 5.26. The summed E-state index contributed by atoms with van der Waals surface area (Å²) in [6.45, 7) is 7.76. The summed E-state index contributed by atoms with van der Waals surface area (Å²) in [7, 11) is 4.34. The van der Waals surface area contributed by atoms with Crippen LogP contribution in [-0.2, 0) is 0 Å². The van der Waals surface area contributed by atoms with Gasteiger partial charge in [-0.15, -0.1) is 0 Å². The number of hydrogen-bond donors (Lipinski definition) is 1. The van der Waals surface area contributed by atoms with E-state index in [9.17, 15) is 0 Å². The van der Waals surface area contributed by atoms with Crippen LogP contribution in [0.3, 0.4) is 0 Å². The van der Waals surface area contributed by atoms with Crippen LogP contribution in [-0.4, -0.2) is 63.2 Å². The van der Waals surface area contributed by atoms with Gasteiger partial charge in [-0.1, -0.05) is 0 Å². The van der Waals surface area contributed by atoms with Crippen molar-refractivity contribution in [2.75, 3.05) is 53.4 Å². The summed E-state index contributed by atoms with van der Waals surface area (Å²) in [5.41, 5.74) is 0. The summed E-state index contributed by atoms with van der Waals surface area (Å²) in [4.78, 5) is 4.98. The zero-order chi connectivity index (χ0) is 12.1. The molecule has 0 aliphatic carbocycles. The normalized spacial score (nSPS) is 28.1. The van der Waals surface area contributed by atoms with Crippen molar-refractivity contribution in [3.05, 3.63) is 0 Å². The fraction of sp³-hybridized carbons (Fsp3) is 1.00. The van der Waals surface area contributed by atoms with Gasteiger partial charge in [-0.25, -0.2) is 0 Å². The Morgan fingerprint density at radius 3 is 2.59 bits per heavy atom. The van der Waals surface area contributed by atoms with E-state index in [0.717, 1.165) is 11.8 Å². The molecule has 2 rings (SSSR count). The predicted molar refractivity (Wildman–Crippen MR) is 73.3 cm³/mol. The molecule has 100 valence electrons. The number of hydrogen-bond acceptors (Lipinski definition) is 3. The fourth-order valence-corrected chi connectivity index (χ4v) is 3.38. The first-order valence-corrected chi connectivity index (χ1v) is 7.33. The number of likely N-dealkylation sites (tertiary alicyclic amines) is 1. The summed E-state index contributed by atoms with van der Waals surface area (Å²) >= 11 is 0. The molecule has 3 nitrogen and oxygen atoms in total. The molecule has 1 atom stereocenters. The summed E-state index contributed by atoms with van der Waals surface area (Å²) in [6.07, 6.45) is 5.60. The second kappa shape index (κ2) is 6.72. The van der Waals surface area contributed by atoms with E-state index in [-0.39, 0.29) is 0 Å². The predicted octanol–water partition coefficient (Wildman–Crippen LogP) is 1.26. The third-order valence-electron chi connectivity index (χ3n) is 4.44. The van der Waals surface area contributed by atoms with Gasteiger partial charge in [0.25, 0.3) is 0 Å². The van der Waals surface area contributed by atoms with E-state index in [2.05, 4.69) is 29.2 Å². The highest BCUT2D eigenvalue weighted by atomic mass is 15.2. The molecule has 2 heterocycles. The van der Waals surface area contributed by atoms with Crippen molar-refractivity contribution in [3.8, 4) is 0 Å². The van der Waals surface area contributed by atoms with Gasteiger partial charge in [0.1, 0.15) is 0 Å². The van der Waals surface area contributed by atoms with Gasteiger partial charge in [-0.3, -0.25) is 0 Å². The van der Waals surface area contributed by atoms with Crippen molar-refractivity contribution in [1.29, 1.82) is 0 Å². The second-order valence-electron chi connectivity index (χ2n) is 6.09. The molecule has 0 bridgehead atoms. The largest absolute Gasteiger partial charge is 0.317 e. The lowest BCUT2D eigenvalue weighted by Gasteiger charge is -2.28. The van der Waals surface area contributed by atoms with Crippen LogP contribution in [0.2, 0.25) is 0 Å². The molecular formula is C14H29N3. The van der Waals surface area contributed by atoms with Crippen LogP contribution >= 0.6 is 0 Å². The molecule has 2 saturated heterocycles. The molecular weight excluding hydrogens is 210 g/mol. The maximum absolute atomic E-state index is 3.48. The zero-order valence-electron chi connectivity index (χ0n) is 11.6. The third kappa shape index (κ3) is 4.23. The standard InChI is InChI=1S/C14H29N3/c1-16(2)9-3-10-17-11-6-14(12-17)13-4-7-15-8-5-13/h13-15H,3-12H2,1-2H3. The Labute approximate surface area is 107 Å². The SMILES string of the molecule is CN(C)CCCN1CCC(C2CCNCC2)C1. The van der Waals surface area contributed by atoms with E-state index in [1.165, 1.54) is 65.0 Å².